The molecule has 0 amide bonds. The summed E-state index contributed by atoms with van der Waals surface area (Å²) in [5.74, 6) is 12.6. The second kappa shape index (κ2) is 12.7. The molecule has 0 N–H and O–H groups in total. The van der Waals surface area contributed by atoms with Gasteiger partial charge < -0.3 is 0 Å². The van der Waals surface area contributed by atoms with Crippen LogP contribution in [0.2, 0.25) is 0 Å². The van der Waals surface area contributed by atoms with Gasteiger partial charge in [-0.15, -0.1) is 0 Å². The van der Waals surface area contributed by atoms with Crippen LogP contribution in [0.1, 0.15) is 58.3 Å². The van der Waals surface area contributed by atoms with Crippen molar-refractivity contribution in [1.29, 1.82) is 0 Å². The lowest BCUT2D eigenvalue weighted by Crippen LogP contribution is -1.78. The standard InChI is InChI=1S/C15H19/c1-3-5-7-9-11-13-15-14-12-10-8-6-4-2/h3,5,7,9,11,13-15H2,1H3. The van der Waals surface area contributed by atoms with Gasteiger partial charge in [0.15, 0.2) is 0 Å². The van der Waals surface area contributed by atoms with Crippen molar-refractivity contribution in [1.82, 2.24) is 0 Å². The minimum Gasteiger partial charge on any atom is -0.0891 e. The Bertz CT molecular complexity index is 282. The molecule has 0 nitrogen and oxygen atoms in total. The number of unbranched alkanes of at least 4 members (excludes halogenated alkanes) is 7. The van der Waals surface area contributed by atoms with Gasteiger partial charge in [0, 0.05) is 6.42 Å². The Morgan fingerprint density at radius 3 is 2.13 bits per heavy atom. The second-order valence-corrected chi connectivity index (χ2v) is 3.55. The summed E-state index contributed by atoms with van der Waals surface area (Å²) >= 11 is 0. The van der Waals surface area contributed by atoms with Gasteiger partial charge in [-0.1, -0.05) is 51.4 Å². The Kier molecular flexibility index (Phi) is 11.6. The van der Waals surface area contributed by atoms with Crippen LogP contribution in [0.5, 0.6) is 0 Å². The molecule has 15 heavy (non-hydrogen) atoms. The van der Waals surface area contributed by atoms with E-state index in [1.807, 2.05) is 5.92 Å². The summed E-state index contributed by atoms with van der Waals surface area (Å²) in [5, 5.41) is 0. The minimum absolute atomic E-state index is 0.931. The zero-order valence-corrected chi connectivity index (χ0v) is 9.66. The topological polar surface area (TPSA) is 0 Å². The van der Waals surface area contributed by atoms with Gasteiger partial charge in [0.05, 0.1) is 0 Å². The maximum absolute atomic E-state index is 6.54. The lowest BCUT2D eigenvalue weighted by molar-refractivity contribution is 0.594. The van der Waals surface area contributed by atoms with Crippen LogP contribution in [-0.4, -0.2) is 0 Å². The van der Waals surface area contributed by atoms with Crippen molar-refractivity contribution in [2.45, 2.75) is 58.3 Å². The maximum atomic E-state index is 6.54. The molecule has 0 atom stereocenters. The van der Waals surface area contributed by atoms with Gasteiger partial charge in [0.2, 0.25) is 0 Å². The van der Waals surface area contributed by atoms with Crippen LogP contribution < -0.4 is 0 Å². The predicted molar refractivity (Wildman–Crippen MR) is 65.3 cm³/mol. The van der Waals surface area contributed by atoms with E-state index >= 15 is 0 Å². The first-order valence-electron chi connectivity index (χ1n) is 5.81. The summed E-state index contributed by atoms with van der Waals surface area (Å²) in [5.41, 5.74) is 0. The molecule has 0 saturated carbocycles. The van der Waals surface area contributed by atoms with Gasteiger partial charge in [0.25, 0.3) is 0 Å². The van der Waals surface area contributed by atoms with Crippen LogP contribution in [-0.2, 0) is 0 Å². The summed E-state index contributed by atoms with van der Waals surface area (Å²) < 4.78 is 0. The summed E-state index contributed by atoms with van der Waals surface area (Å²) in [7, 11) is 0. The molecule has 0 heteroatoms. The van der Waals surface area contributed by atoms with Crippen LogP contribution in [0.3, 0.4) is 0 Å². The molecule has 0 spiro atoms. The highest BCUT2D eigenvalue weighted by atomic mass is 13.9. The molecule has 0 aliphatic carbocycles. The van der Waals surface area contributed by atoms with Gasteiger partial charge in [-0.2, -0.15) is 0 Å². The maximum Gasteiger partial charge on any atom is 0.00989 e. The zero-order valence-electron chi connectivity index (χ0n) is 9.66. The molecule has 0 fully saturated rings. The molecule has 0 saturated heterocycles. The third-order valence-electron chi connectivity index (χ3n) is 2.18. The van der Waals surface area contributed by atoms with Gasteiger partial charge in [-0.25, -0.2) is 0 Å². The van der Waals surface area contributed by atoms with Crippen molar-refractivity contribution in [2.75, 3.05) is 0 Å². The van der Waals surface area contributed by atoms with Gasteiger partial charge >= 0.3 is 0 Å². The molecule has 0 aliphatic rings. The molecule has 0 bridgehead atoms. The molecule has 0 aromatic heterocycles. The predicted octanol–water partition coefficient (Wildman–Crippen LogP) is 3.72. The van der Waals surface area contributed by atoms with E-state index in [-0.39, 0.29) is 0 Å². The number of hydrogen-bond donors (Lipinski definition) is 0. The third kappa shape index (κ3) is 12.7. The largest absolute Gasteiger partial charge is 0.0891 e. The van der Waals surface area contributed by atoms with E-state index in [2.05, 4.69) is 30.6 Å². The minimum atomic E-state index is 0.931. The smallest absolute Gasteiger partial charge is 0.00989 e. The third-order valence-corrected chi connectivity index (χ3v) is 2.18. The van der Waals surface area contributed by atoms with E-state index in [4.69, 9.17) is 6.42 Å². The summed E-state index contributed by atoms with van der Waals surface area (Å²) in [6.45, 7) is 2.24. The van der Waals surface area contributed by atoms with Crippen LogP contribution in [0.4, 0.5) is 0 Å². The van der Waals surface area contributed by atoms with E-state index < -0.39 is 0 Å². The number of hydrogen-bond acceptors (Lipinski definition) is 0. The SMILES string of the molecule is [C]#CC#CC#CCCCCCCCCC. The van der Waals surface area contributed by atoms with Crippen molar-refractivity contribution >= 4 is 0 Å². The average molecular weight is 199 g/mol. The van der Waals surface area contributed by atoms with Crippen molar-refractivity contribution in [3.05, 3.63) is 6.42 Å². The van der Waals surface area contributed by atoms with Crippen molar-refractivity contribution in [2.24, 2.45) is 0 Å². The molecular formula is C15H19. The Balaban J connectivity index is 3.17. The first-order valence-corrected chi connectivity index (χ1v) is 5.81. The Morgan fingerprint density at radius 2 is 1.47 bits per heavy atom. The molecule has 0 aromatic rings. The Hall–Kier alpha value is -1.32. The van der Waals surface area contributed by atoms with Crippen LogP contribution in [0.25, 0.3) is 0 Å². The normalized spacial score (nSPS) is 8.00. The van der Waals surface area contributed by atoms with Crippen LogP contribution in [0, 0.1) is 36.0 Å². The zero-order chi connectivity index (χ0) is 11.2. The molecule has 79 valence electrons. The van der Waals surface area contributed by atoms with E-state index in [1.54, 1.807) is 0 Å². The monoisotopic (exact) mass is 199 g/mol. The summed E-state index contributed by atoms with van der Waals surface area (Å²) in [6, 6.07) is 0. The lowest BCUT2D eigenvalue weighted by atomic mass is 10.1. The van der Waals surface area contributed by atoms with E-state index in [1.165, 1.54) is 44.9 Å². The van der Waals surface area contributed by atoms with Gasteiger partial charge in [0.1, 0.15) is 0 Å². The first-order chi connectivity index (χ1) is 7.41. The lowest BCUT2D eigenvalue weighted by Gasteiger charge is -1.97. The summed E-state index contributed by atoms with van der Waals surface area (Å²) in [6.07, 6.45) is 16.7. The molecule has 0 aromatic carbocycles. The van der Waals surface area contributed by atoms with E-state index in [0.717, 1.165) is 6.42 Å². The molecule has 1 radical (unpaired) electrons. The first kappa shape index (κ1) is 13.7. The highest BCUT2D eigenvalue weighted by Gasteiger charge is 1.88. The fourth-order valence-electron chi connectivity index (χ4n) is 1.34. The molecule has 0 unspecified atom stereocenters. The van der Waals surface area contributed by atoms with Gasteiger partial charge in [-0.3, -0.25) is 0 Å². The highest BCUT2D eigenvalue weighted by Crippen LogP contribution is 2.07. The van der Waals surface area contributed by atoms with Crippen molar-refractivity contribution < 1.29 is 0 Å². The summed E-state index contributed by atoms with van der Waals surface area (Å²) in [4.78, 5) is 0. The highest BCUT2D eigenvalue weighted by molar-refractivity contribution is 5.32. The second-order valence-electron chi connectivity index (χ2n) is 3.55. The van der Waals surface area contributed by atoms with E-state index in [9.17, 15) is 0 Å². The van der Waals surface area contributed by atoms with Crippen molar-refractivity contribution in [3.8, 4) is 29.6 Å². The Labute approximate surface area is 94.8 Å². The Morgan fingerprint density at radius 1 is 0.800 bits per heavy atom. The van der Waals surface area contributed by atoms with Gasteiger partial charge in [-0.05, 0) is 36.5 Å². The molecule has 0 heterocycles. The van der Waals surface area contributed by atoms with E-state index in [0.29, 0.717) is 0 Å². The van der Waals surface area contributed by atoms with Crippen LogP contribution >= 0.6 is 0 Å². The fourth-order valence-corrected chi connectivity index (χ4v) is 1.34. The van der Waals surface area contributed by atoms with Crippen LogP contribution in [0.15, 0.2) is 0 Å². The average Bonchev–Trinajstić information content (AvgIpc) is 2.26. The number of rotatable bonds is 7. The molecule has 0 aliphatic heterocycles. The quantitative estimate of drug-likeness (QED) is 0.433. The van der Waals surface area contributed by atoms with Crippen molar-refractivity contribution in [3.63, 3.8) is 0 Å². The molecular weight excluding hydrogens is 180 g/mol. The fraction of sp³-hybridized carbons (Fsp3) is 0.600. The molecule has 0 rings (SSSR count).